The molecular formula is C6H12ClNO3. The second-order valence-corrected chi connectivity index (χ2v) is 2.53. The van der Waals surface area contributed by atoms with Crippen molar-refractivity contribution in [3.63, 3.8) is 0 Å². The van der Waals surface area contributed by atoms with E-state index in [0.717, 1.165) is 0 Å². The Labute approximate surface area is 71.0 Å². The number of nitrogens with one attached hydrogen (secondary N) is 1. The van der Waals surface area contributed by atoms with Gasteiger partial charge in [0.1, 0.15) is 6.04 Å². The van der Waals surface area contributed by atoms with Gasteiger partial charge in [-0.2, -0.15) is 0 Å². The van der Waals surface area contributed by atoms with E-state index in [9.17, 15) is 4.79 Å². The quantitative estimate of drug-likeness (QED) is 0.515. The monoisotopic (exact) mass is 181 g/mol. The van der Waals surface area contributed by atoms with Crippen LogP contribution in [-0.4, -0.2) is 34.9 Å². The van der Waals surface area contributed by atoms with E-state index >= 15 is 0 Å². The summed E-state index contributed by atoms with van der Waals surface area (Å²) in [4.78, 5) is 10.3. The van der Waals surface area contributed by atoms with E-state index in [2.05, 4.69) is 5.32 Å². The summed E-state index contributed by atoms with van der Waals surface area (Å²) in [5.74, 6) is -0.827. The van der Waals surface area contributed by atoms with Crippen molar-refractivity contribution in [1.29, 1.82) is 0 Å². The average Bonchev–Trinajstić information content (AvgIpc) is 1.88. The van der Waals surface area contributed by atoms with Crippen molar-refractivity contribution in [1.82, 2.24) is 5.32 Å². The fraction of sp³-hybridized carbons (Fsp3) is 0.833. The van der Waals surface area contributed by atoms with E-state index in [4.69, 9.17) is 10.2 Å². The zero-order chi connectivity index (χ0) is 7.56. The lowest BCUT2D eigenvalue weighted by atomic mass is 10.0. The number of carbonyl (C=O) groups is 1. The first-order chi connectivity index (χ1) is 4.70. The number of hydrogen-bond donors (Lipinski definition) is 3. The topological polar surface area (TPSA) is 69.6 Å². The molecule has 0 saturated carbocycles. The lowest BCUT2D eigenvalue weighted by Gasteiger charge is -2.23. The molecule has 2 atom stereocenters. The Morgan fingerprint density at radius 1 is 1.45 bits per heavy atom. The van der Waals surface area contributed by atoms with Gasteiger partial charge in [0.05, 0.1) is 6.10 Å². The SMILES string of the molecule is Cl.O=C(O)C1CCC(O)CN1. The molecule has 5 heteroatoms. The highest BCUT2D eigenvalue weighted by Gasteiger charge is 2.23. The highest BCUT2D eigenvalue weighted by atomic mass is 35.5. The third kappa shape index (κ3) is 3.05. The molecule has 1 saturated heterocycles. The Morgan fingerprint density at radius 3 is 2.45 bits per heavy atom. The molecule has 0 bridgehead atoms. The van der Waals surface area contributed by atoms with Crippen molar-refractivity contribution in [2.24, 2.45) is 0 Å². The number of aliphatic carboxylic acids is 1. The molecule has 0 aliphatic carbocycles. The minimum atomic E-state index is -0.827. The predicted molar refractivity (Wildman–Crippen MR) is 41.9 cm³/mol. The van der Waals surface area contributed by atoms with Crippen LogP contribution in [0.15, 0.2) is 0 Å². The number of aliphatic hydroxyl groups excluding tert-OH is 1. The van der Waals surface area contributed by atoms with Gasteiger partial charge in [-0.1, -0.05) is 0 Å². The van der Waals surface area contributed by atoms with Crippen LogP contribution in [0, 0.1) is 0 Å². The standard InChI is InChI=1S/C6H11NO3.ClH/c8-4-1-2-5(6(9)10)7-3-4;/h4-5,7-8H,1-3H2,(H,9,10);1H. The summed E-state index contributed by atoms with van der Waals surface area (Å²) < 4.78 is 0. The fourth-order valence-electron chi connectivity index (χ4n) is 1.05. The highest BCUT2D eigenvalue weighted by molar-refractivity contribution is 5.85. The summed E-state index contributed by atoms with van der Waals surface area (Å²) in [5, 5.41) is 20.2. The minimum absolute atomic E-state index is 0. The average molecular weight is 182 g/mol. The number of rotatable bonds is 1. The van der Waals surface area contributed by atoms with Gasteiger partial charge in [0, 0.05) is 6.54 Å². The molecule has 0 radical (unpaired) electrons. The van der Waals surface area contributed by atoms with Crippen LogP contribution in [0.5, 0.6) is 0 Å². The zero-order valence-corrected chi connectivity index (χ0v) is 6.80. The maximum Gasteiger partial charge on any atom is 0.320 e. The minimum Gasteiger partial charge on any atom is -0.480 e. The summed E-state index contributed by atoms with van der Waals surface area (Å²) in [5.41, 5.74) is 0. The molecule has 0 spiro atoms. The summed E-state index contributed by atoms with van der Waals surface area (Å²) >= 11 is 0. The van der Waals surface area contributed by atoms with Crippen LogP contribution >= 0.6 is 12.4 Å². The summed E-state index contributed by atoms with van der Waals surface area (Å²) in [6.45, 7) is 0.400. The lowest BCUT2D eigenvalue weighted by molar-refractivity contribution is -0.140. The Balaban J connectivity index is 0.000001000. The molecule has 1 aliphatic rings. The summed E-state index contributed by atoms with van der Waals surface area (Å²) in [6.07, 6.45) is 0.746. The predicted octanol–water partition coefficient (Wildman–Crippen LogP) is -0.394. The summed E-state index contributed by atoms with van der Waals surface area (Å²) in [7, 11) is 0. The Bertz CT molecular complexity index is 134. The second kappa shape index (κ2) is 4.54. The maximum atomic E-state index is 10.3. The molecule has 66 valence electrons. The van der Waals surface area contributed by atoms with Crippen LogP contribution in [0.3, 0.4) is 0 Å². The van der Waals surface area contributed by atoms with Crippen molar-refractivity contribution < 1.29 is 15.0 Å². The van der Waals surface area contributed by atoms with E-state index < -0.39 is 12.0 Å². The van der Waals surface area contributed by atoms with Crippen molar-refractivity contribution in [3.8, 4) is 0 Å². The molecule has 11 heavy (non-hydrogen) atoms. The van der Waals surface area contributed by atoms with Gasteiger partial charge in [-0.15, -0.1) is 12.4 Å². The third-order valence-corrected chi connectivity index (χ3v) is 1.69. The Hall–Kier alpha value is -0.320. The number of carboxylic acids is 1. The van der Waals surface area contributed by atoms with Gasteiger partial charge < -0.3 is 15.5 Å². The van der Waals surface area contributed by atoms with Crippen LogP contribution in [0.25, 0.3) is 0 Å². The number of carboxylic acid groups (broad SMARTS) is 1. The first-order valence-electron chi connectivity index (χ1n) is 3.34. The molecule has 4 nitrogen and oxygen atoms in total. The van der Waals surface area contributed by atoms with Gasteiger partial charge in [0.15, 0.2) is 0 Å². The normalized spacial score (nSPS) is 30.6. The van der Waals surface area contributed by atoms with Crippen LogP contribution in [0.4, 0.5) is 0 Å². The number of hydrogen-bond acceptors (Lipinski definition) is 3. The van der Waals surface area contributed by atoms with Gasteiger partial charge in [0.2, 0.25) is 0 Å². The van der Waals surface area contributed by atoms with Gasteiger partial charge in [-0.3, -0.25) is 4.79 Å². The molecule has 2 unspecified atom stereocenters. The number of halogens is 1. The van der Waals surface area contributed by atoms with E-state index in [1.54, 1.807) is 0 Å². The van der Waals surface area contributed by atoms with Crippen molar-refractivity contribution in [3.05, 3.63) is 0 Å². The molecule has 1 aliphatic heterocycles. The molecule has 1 fully saturated rings. The molecule has 0 aromatic heterocycles. The Morgan fingerprint density at radius 2 is 2.09 bits per heavy atom. The fourth-order valence-corrected chi connectivity index (χ4v) is 1.05. The number of piperidine rings is 1. The van der Waals surface area contributed by atoms with E-state index in [0.29, 0.717) is 19.4 Å². The molecule has 1 rings (SSSR count). The largest absolute Gasteiger partial charge is 0.480 e. The van der Waals surface area contributed by atoms with Gasteiger partial charge in [0.25, 0.3) is 0 Å². The van der Waals surface area contributed by atoms with Gasteiger partial charge in [-0.25, -0.2) is 0 Å². The van der Waals surface area contributed by atoms with Gasteiger partial charge in [-0.05, 0) is 12.8 Å². The van der Waals surface area contributed by atoms with Crippen LogP contribution in [0.1, 0.15) is 12.8 Å². The molecule has 0 aromatic rings. The van der Waals surface area contributed by atoms with E-state index in [1.807, 2.05) is 0 Å². The molecule has 1 heterocycles. The zero-order valence-electron chi connectivity index (χ0n) is 5.99. The van der Waals surface area contributed by atoms with E-state index in [1.165, 1.54) is 0 Å². The molecule has 0 aromatic carbocycles. The number of aliphatic hydroxyl groups is 1. The van der Waals surface area contributed by atoms with Crippen molar-refractivity contribution in [2.45, 2.75) is 25.0 Å². The molecule has 0 amide bonds. The second-order valence-electron chi connectivity index (χ2n) is 2.53. The van der Waals surface area contributed by atoms with Crippen molar-refractivity contribution in [2.75, 3.05) is 6.54 Å². The van der Waals surface area contributed by atoms with E-state index in [-0.39, 0.29) is 18.5 Å². The first-order valence-corrected chi connectivity index (χ1v) is 3.34. The van der Waals surface area contributed by atoms with Gasteiger partial charge >= 0.3 is 5.97 Å². The molecular weight excluding hydrogens is 170 g/mol. The van der Waals surface area contributed by atoms with Crippen LogP contribution in [-0.2, 0) is 4.79 Å². The highest BCUT2D eigenvalue weighted by Crippen LogP contribution is 2.07. The third-order valence-electron chi connectivity index (χ3n) is 1.69. The maximum absolute atomic E-state index is 10.3. The number of β-amino-alcohol motifs (C(OH)–C–C–N with tert-alkyl or cyclic N) is 1. The first kappa shape index (κ1) is 10.7. The lowest BCUT2D eigenvalue weighted by Crippen LogP contribution is -2.45. The van der Waals surface area contributed by atoms with Crippen LogP contribution < -0.4 is 5.32 Å². The van der Waals surface area contributed by atoms with Crippen molar-refractivity contribution >= 4 is 18.4 Å². The van der Waals surface area contributed by atoms with Crippen LogP contribution in [0.2, 0.25) is 0 Å². The Kier molecular flexibility index (Phi) is 4.40. The molecule has 3 N–H and O–H groups in total. The summed E-state index contributed by atoms with van der Waals surface area (Å²) in [6, 6.07) is -0.455. The smallest absolute Gasteiger partial charge is 0.320 e.